The minimum absolute atomic E-state index is 0.0217. The van der Waals surface area contributed by atoms with E-state index in [2.05, 4.69) is 36.5 Å². The third-order valence-electron chi connectivity index (χ3n) is 6.05. The van der Waals surface area contributed by atoms with Crippen LogP contribution in [0, 0.1) is 24.5 Å². The number of halogens is 3. The van der Waals surface area contributed by atoms with Crippen molar-refractivity contribution in [3.05, 3.63) is 85.8 Å². The summed E-state index contributed by atoms with van der Waals surface area (Å²) in [6, 6.07) is 4.89. The first kappa shape index (κ1) is 25.9. The molecule has 4 rings (SSSR count). The minimum Gasteiger partial charge on any atom is -0.487 e. The van der Waals surface area contributed by atoms with Crippen LogP contribution in [0.15, 0.2) is 45.9 Å². The standard InChI is InChI=1S/C25H26BrF2N5O3/c1-15-8-22(36-14-17-2-3-18(27)9-21(17)28)23(26)25(35)33(15)13-20-12-30-19(10-31-20)11-32-24(34)16-4-6-29-7-5-16/h2-3,8-10,12,16,29H,4-7,11,13-14H2,1H3,(H,32,34). The normalized spacial score (nSPS) is 14.0. The van der Waals surface area contributed by atoms with Gasteiger partial charge in [-0.2, -0.15) is 0 Å². The number of aromatic nitrogens is 3. The number of ether oxygens (including phenoxy) is 1. The smallest absolute Gasteiger partial charge is 0.269 e. The number of nitrogens with zero attached hydrogens (tertiary/aromatic N) is 3. The van der Waals surface area contributed by atoms with Gasteiger partial charge in [-0.1, -0.05) is 0 Å². The Labute approximate surface area is 215 Å². The van der Waals surface area contributed by atoms with Crippen molar-refractivity contribution in [1.29, 1.82) is 0 Å². The molecule has 3 aromatic rings. The molecule has 1 aromatic carbocycles. The van der Waals surface area contributed by atoms with Crippen LogP contribution in [0.3, 0.4) is 0 Å². The van der Waals surface area contributed by atoms with Crippen molar-refractivity contribution in [1.82, 2.24) is 25.2 Å². The van der Waals surface area contributed by atoms with Gasteiger partial charge < -0.3 is 19.9 Å². The van der Waals surface area contributed by atoms with E-state index in [-0.39, 0.29) is 46.3 Å². The molecular weight excluding hydrogens is 536 g/mol. The fourth-order valence-corrected chi connectivity index (χ4v) is 4.38. The molecule has 1 aliphatic heterocycles. The van der Waals surface area contributed by atoms with Gasteiger partial charge in [-0.3, -0.25) is 19.6 Å². The Bertz CT molecular complexity index is 1290. The summed E-state index contributed by atoms with van der Waals surface area (Å²) < 4.78 is 34.3. The molecule has 8 nitrogen and oxygen atoms in total. The zero-order valence-electron chi connectivity index (χ0n) is 19.7. The first-order chi connectivity index (χ1) is 17.3. The number of carbonyl (C=O) groups excluding carboxylic acids is 1. The van der Waals surface area contributed by atoms with Crippen LogP contribution in [0.5, 0.6) is 5.75 Å². The van der Waals surface area contributed by atoms with Crippen molar-refractivity contribution >= 4 is 21.8 Å². The summed E-state index contributed by atoms with van der Waals surface area (Å²) in [7, 11) is 0. The second kappa shape index (κ2) is 11.7. The number of nitrogens with one attached hydrogen (secondary N) is 2. The highest BCUT2D eigenvalue weighted by Gasteiger charge is 2.20. The van der Waals surface area contributed by atoms with Gasteiger partial charge in [0.15, 0.2) is 0 Å². The predicted octanol–water partition coefficient (Wildman–Crippen LogP) is 3.23. The van der Waals surface area contributed by atoms with Gasteiger partial charge in [0.1, 0.15) is 28.5 Å². The highest BCUT2D eigenvalue weighted by molar-refractivity contribution is 9.10. The monoisotopic (exact) mass is 561 g/mol. The maximum Gasteiger partial charge on any atom is 0.269 e. The van der Waals surface area contributed by atoms with E-state index in [1.807, 2.05) is 0 Å². The van der Waals surface area contributed by atoms with E-state index in [4.69, 9.17) is 4.74 Å². The lowest BCUT2D eigenvalue weighted by atomic mass is 9.97. The largest absolute Gasteiger partial charge is 0.487 e. The lowest BCUT2D eigenvalue weighted by Gasteiger charge is -2.21. The lowest BCUT2D eigenvalue weighted by molar-refractivity contribution is -0.125. The minimum atomic E-state index is -0.718. The number of carbonyl (C=O) groups is 1. The van der Waals surface area contributed by atoms with Crippen LogP contribution < -0.4 is 20.9 Å². The predicted molar refractivity (Wildman–Crippen MR) is 132 cm³/mol. The Hall–Kier alpha value is -3.18. The number of piperidine rings is 1. The molecule has 2 N–H and O–H groups in total. The summed E-state index contributed by atoms with van der Waals surface area (Å²) in [6.07, 6.45) is 4.82. The van der Waals surface area contributed by atoms with E-state index in [9.17, 15) is 18.4 Å². The Morgan fingerprint density at radius 3 is 2.61 bits per heavy atom. The van der Waals surface area contributed by atoms with Crippen molar-refractivity contribution in [2.24, 2.45) is 5.92 Å². The van der Waals surface area contributed by atoms with E-state index in [1.165, 1.54) is 10.6 Å². The molecule has 1 amide bonds. The van der Waals surface area contributed by atoms with Gasteiger partial charge in [0, 0.05) is 29.3 Å². The molecule has 0 spiro atoms. The molecule has 1 aliphatic rings. The Balaban J connectivity index is 1.38. The number of pyridine rings is 1. The lowest BCUT2D eigenvalue weighted by Crippen LogP contribution is -2.38. The van der Waals surface area contributed by atoms with Gasteiger partial charge in [0.25, 0.3) is 5.56 Å². The zero-order valence-corrected chi connectivity index (χ0v) is 21.3. The van der Waals surface area contributed by atoms with E-state index in [1.54, 1.807) is 25.4 Å². The molecule has 1 saturated heterocycles. The summed E-state index contributed by atoms with van der Waals surface area (Å²) >= 11 is 3.27. The summed E-state index contributed by atoms with van der Waals surface area (Å²) in [5.41, 5.74) is 1.64. The number of amides is 1. The Morgan fingerprint density at radius 2 is 1.92 bits per heavy atom. The van der Waals surface area contributed by atoms with E-state index in [0.717, 1.165) is 38.1 Å². The Kier molecular flexibility index (Phi) is 8.42. The first-order valence-electron chi connectivity index (χ1n) is 11.6. The molecule has 0 unspecified atom stereocenters. The van der Waals surface area contributed by atoms with Gasteiger partial charge in [-0.05, 0) is 60.9 Å². The highest BCUT2D eigenvalue weighted by atomic mass is 79.9. The SMILES string of the molecule is Cc1cc(OCc2ccc(F)cc2F)c(Br)c(=O)n1Cc1cnc(CNC(=O)C2CCNCC2)cn1. The molecule has 0 atom stereocenters. The topological polar surface area (TPSA) is 98.1 Å². The zero-order chi connectivity index (χ0) is 25.7. The average Bonchev–Trinajstić information content (AvgIpc) is 2.88. The van der Waals surface area contributed by atoms with E-state index >= 15 is 0 Å². The van der Waals surface area contributed by atoms with Gasteiger partial charge in [0.2, 0.25) is 5.91 Å². The summed E-state index contributed by atoms with van der Waals surface area (Å²) in [4.78, 5) is 34.0. The maximum absolute atomic E-state index is 13.9. The van der Waals surface area contributed by atoms with Crippen molar-refractivity contribution in [2.45, 2.75) is 39.5 Å². The maximum atomic E-state index is 13.9. The molecule has 190 valence electrons. The van der Waals surface area contributed by atoms with Gasteiger partial charge >= 0.3 is 0 Å². The molecule has 3 heterocycles. The highest BCUT2D eigenvalue weighted by Crippen LogP contribution is 2.24. The van der Waals surface area contributed by atoms with Crippen molar-refractivity contribution < 1.29 is 18.3 Å². The van der Waals surface area contributed by atoms with Crippen LogP contribution in [0.2, 0.25) is 0 Å². The van der Waals surface area contributed by atoms with Crippen LogP contribution in [-0.2, 0) is 24.5 Å². The van der Waals surface area contributed by atoms with Gasteiger partial charge in [0.05, 0.1) is 36.9 Å². The molecule has 0 aliphatic carbocycles. The van der Waals surface area contributed by atoms with Crippen LogP contribution >= 0.6 is 15.9 Å². The Morgan fingerprint density at radius 1 is 1.19 bits per heavy atom. The number of hydrogen-bond acceptors (Lipinski definition) is 6. The van der Waals surface area contributed by atoms with E-state index < -0.39 is 11.6 Å². The number of benzene rings is 1. The molecule has 36 heavy (non-hydrogen) atoms. The molecule has 0 saturated carbocycles. The molecule has 2 aromatic heterocycles. The van der Waals surface area contributed by atoms with Crippen molar-refractivity contribution in [2.75, 3.05) is 13.1 Å². The summed E-state index contributed by atoms with van der Waals surface area (Å²) in [6.45, 7) is 3.76. The average molecular weight is 562 g/mol. The summed E-state index contributed by atoms with van der Waals surface area (Å²) in [5, 5.41) is 6.15. The molecule has 11 heteroatoms. The third kappa shape index (κ3) is 6.33. The van der Waals surface area contributed by atoms with Crippen LogP contribution in [0.25, 0.3) is 0 Å². The number of aryl methyl sites for hydroxylation is 1. The quantitative estimate of drug-likeness (QED) is 0.438. The van der Waals surface area contributed by atoms with Crippen molar-refractivity contribution in [3.63, 3.8) is 0 Å². The third-order valence-corrected chi connectivity index (χ3v) is 6.78. The molecular formula is C25H26BrF2N5O3. The van der Waals surface area contributed by atoms with Gasteiger partial charge in [-0.25, -0.2) is 8.78 Å². The number of hydrogen-bond donors (Lipinski definition) is 2. The van der Waals surface area contributed by atoms with Crippen LogP contribution in [0.4, 0.5) is 8.78 Å². The fourth-order valence-electron chi connectivity index (χ4n) is 3.93. The van der Waals surface area contributed by atoms with Crippen LogP contribution in [-0.4, -0.2) is 33.5 Å². The molecule has 0 bridgehead atoms. The van der Waals surface area contributed by atoms with Crippen molar-refractivity contribution in [3.8, 4) is 5.75 Å². The first-order valence-corrected chi connectivity index (χ1v) is 12.4. The van der Waals surface area contributed by atoms with Crippen LogP contribution in [0.1, 0.15) is 35.5 Å². The summed E-state index contributed by atoms with van der Waals surface area (Å²) in [5.74, 6) is -1.09. The number of rotatable bonds is 8. The second-order valence-electron chi connectivity index (χ2n) is 8.62. The molecule has 0 radical (unpaired) electrons. The van der Waals surface area contributed by atoms with Gasteiger partial charge in [-0.15, -0.1) is 0 Å². The fraction of sp³-hybridized carbons (Fsp3) is 0.360. The molecule has 1 fully saturated rings. The second-order valence-corrected chi connectivity index (χ2v) is 9.41. The van der Waals surface area contributed by atoms with E-state index in [0.29, 0.717) is 23.6 Å².